The molecule has 2 fully saturated rings. The predicted molar refractivity (Wildman–Crippen MR) is 82.2 cm³/mol. The number of phenols is 1. The maximum Gasteiger partial charge on any atom is 0.121 e. The van der Waals surface area contributed by atoms with Crippen molar-refractivity contribution < 1.29 is 5.11 Å². The molecule has 2 heterocycles. The second-order valence-corrected chi connectivity index (χ2v) is 6.38. The summed E-state index contributed by atoms with van der Waals surface area (Å²) in [5.41, 5.74) is 0.874. The SMILES string of the molecule is Oc1cccc(Cl)c1CN1CCCCC1C1CCCN1. The third kappa shape index (κ3) is 2.95. The molecule has 110 valence electrons. The first-order valence-electron chi connectivity index (χ1n) is 7.69. The molecule has 3 nitrogen and oxygen atoms in total. The minimum atomic E-state index is 0.321. The van der Waals surface area contributed by atoms with Crippen molar-refractivity contribution in [2.24, 2.45) is 0 Å². The van der Waals surface area contributed by atoms with Gasteiger partial charge >= 0.3 is 0 Å². The van der Waals surface area contributed by atoms with Gasteiger partial charge < -0.3 is 10.4 Å². The first-order chi connectivity index (χ1) is 9.75. The molecule has 2 N–H and O–H groups in total. The van der Waals surface area contributed by atoms with Crippen LogP contribution in [0.5, 0.6) is 5.75 Å². The van der Waals surface area contributed by atoms with Crippen LogP contribution in [-0.4, -0.2) is 35.2 Å². The van der Waals surface area contributed by atoms with Gasteiger partial charge in [-0.3, -0.25) is 4.90 Å². The summed E-state index contributed by atoms with van der Waals surface area (Å²) in [4.78, 5) is 2.51. The third-order valence-corrected chi connectivity index (χ3v) is 5.04. The Kier molecular flexibility index (Phi) is 4.49. The van der Waals surface area contributed by atoms with Crippen molar-refractivity contribution in [1.29, 1.82) is 0 Å². The summed E-state index contributed by atoms with van der Waals surface area (Å²) < 4.78 is 0. The van der Waals surface area contributed by atoms with Crippen molar-refractivity contribution in [3.63, 3.8) is 0 Å². The molecule has 3 rings (SSSR count). The zero-order valence-corrected chi connectivity index (χ0v) is 12.6. The quantitative estimate of drug-likeness (QED) is 0.899. The Balaban J connectivity index is 1.76. The molecule has 0 radical (unpaired) electrons. The number of rotatable bonds is 3. The summed E-state index contributed by atoms with van der Waals surface area (Å²) in [5.74, 6) is 0.321. The summed E-state index contributed by atoms with van der Waals surface area (Å²) in [6, 6.07) is 6.59. The van der Waals surface area contributed by atoms with Gasteiger partial charge in [0, 0.05) is 29.2 Å². The molecular weight excluding hydrogens is 272 g/mol. The molecule has 4 heteroatoms. The van der Waals surface area contributed by atoms with E-state index < -0.39 is 0 Å². The van der Waals surface area contributed by atoms with E-state index in [1.807, 2.05) is 6.07 Å². The molecule has 2 saturated heterocycles. The average Bonchev–Trinajstić information content (AvgIpc) is 2.97. The highest BCUT2D eigenvalue weighted by molar-refractivity contribution is 6.31. The highest BCUT2D eigenvalue weighted by atomic mass is 35.5. The molecule has 2 aliphatic rings. The van der Waals surface area contributed by atoms with E-state index in [0.29, 0.717) is 22.9 Å². The van der Waals surface area contributed by atoms with E-state index in [1.54, 1.807) is 12.1 Å². The molecule has 0 amide bonds. The summed E-state index contributed by atoms with van der Waals surface area (Å²) in [6.45, 7) is 3.01. The predicted octanol–water partition coefficient (Wildman–Crippen LogP) is 3.15. The first kappa shape index (κ1) is 14.2. The van der Waals surface area contributed by atoms with Crippen LogP contribution in [0, 0.1) is 0 Å². The molecule has 1 aromatic carbocycles. The van der Waals surface area contributed by atoms with Crippen LogP contribution in [0.2, 0.25) is 5.02 Å². The van der Waals surface area contributed by atoms with Crippen molar-refractivity contribution >= 4 is 11.6 Å². The van der Waals surface area contributed by atoms with Gasteiger partial charge in [-0.05, 0) is 50.9 Å². The van der Waals surface area contributed by atoms with Crippen molar-refractivity contribution in [1.82, 2.24) is 10.2 Å². The molecule has 0 aromatic heterocycles. The molecule has 0 spiro atoms. The van der Waals surface area contributed by atoms with Gasteiger partial charge in [0.05, 0.1) is 0 Å². The number of benzene rings is 1. The minimum absolute atomic E-state index is 0.321. The normalized spacial score (nSPS) is 27.9. The summed E-state index contributed by atoms with van der Waals surface area (Å²) in [6.07, 6.45) is 6.37. The van der Waals surface area contributed by atoms with Gasteiger partial charge in [0.15, 0.2) is 0 Å². The lowest BCUT2D eigenvalue weighted by Crippen LogP contribution is -2.49. The highest BCUT2D eigenvalue weighted by Gasteiger charge is 2.32. The van der Waals surface area contributed by atoms with E-state index >= 15 is 0 Å². The Morgan fingerprint density at radius 2 is 2.15 bits per heavy atom. The van der Waals surface area contributed by atoms with E-state index in [0.717, 1.165) is 25.2 Å². The van der Waals surface area contributed by atoms with Crippen LogP contribution in [0.1, 0.15) is 37.7 Å². The molecule has 0 aliphatic carbocycles. The van der Waals surface area contributed by atoms with Gasteiger partial charge in [-0.2, -0.15) is 0 Å². The van der Waals surface area contributed by atoms with E-state index in [2.05, 4.69) is 10.2 Å². The van der Waals surface area contributed by atoms with E-state index in [1.165, 1.54) is 32.1 Å². The largest absolute Gasteiger partial charge is 0.508 e. The van der Waals surface area contributed by atoms with Crippen LogP contribution in [0.25, 0.3) is 0 Å². The van der Waals surface area contributed by atoms with Gasteiger partial charge in [-0.15, -0.1) is 0 Å². The van der Waals surface area contributed by atoms with E-state index in [4.69, 9.17) is 11.6 Å². The van der Waals surface area contributed by atoms with Gasteiger partial charge in [0.2, 0.25) is 0 Å². The van der Waals surface area contributed by atoms with Crippen molar-refractivity contribution in [2.45, 2.75) is 50.7 Å². The lowest BCUT2D eigenvalue weighted by Gasteiger charge is -2.39. The van der Waals surface area contributed by atoms with Crippen molar-refractivity contribution in [3.8, 4) is 5.75 Å². The number of hydrogen-bond donors (Lipinski definition) is 2. The third-order valence-electron chi connectivity index (χ3n) is 4.68. The lowest BCUT2D eigenvalue weighted by molar-refractivity contribution is 0.111. The smallest absolute Gasteiger partial charge is 0.121 e. The molecular formula is C16H23ClN2O. The fourth-order valence-electron chi connectivity index (χ4n) is 3.62. The van der Waals surface area contributed by atoms with Crippen LogP contribution in [0.15, 0.2) is 18.2 Å². The molecule has 0 bridgehead atoms. The molecule has 2 unspecified atom stereocenters. The molecule has 1 aromatic rings. The fourth-order valence-corrected chi connectivity index (χ4v) is 3.84. The Morgan fingerprint density at radius 1 is 1.25 bits per heavy atom. The second kappa shape index (κ2) is 6.33. The Morgan fingerprint density at radius 3 is 2.90 bits per heavy atom. The Bertz CT molecular complexity index is 440. The van der Waals surface area contributed by atoms with Crippen LogP contribution in [0.4, 0.5) is 0 Å². The first-order valence-corrected chi connectivity index (χ1v) is 8.07. The van der Waals surface area contributed by atoms with Gasteiger partial charge in [-0.25, -0.2) is 0 Å². The van der Waals surface area contributed by atoms with Crippen LogP contribution in [0.3, 0.4) is 0 Å². The van der Waals surface area contributed by atoms with Crippen molar-refractivity contribution in [2.75, 3.05) is 13.1 Å². The Hall–Kier alpha value is -0.770. The fraction of sp³-hybridized carbons (Fsp3) is 0.625. The monoisotopic (exact) mass is 294 g/mol. The summed E-state index contributed by atoms with van der Waals surface area (Å²) >= 11 is 6.25. The topological polar surface area (TPSA) is 35.5 Å². The van der Waals surface area contributed by atoms with Crippen LogP contribution < -0.4 is 5.32 Å². The van der Waals surface area contributed by atoms with Gasteiger partial charge in [0.1, 0.15) is 5.75 Å². The van der Waals surface area contributed by atoms with Crippen LogP contribution in [-0.2, 0) is 6.54 Å². The number of halogens is 1. The summed E-state index contributed by atoms with van der Waals surface area (Å²) in [7, 11) is 0. The van der Waals surface area contributed by atoms with Gasteiger partial charge in [0.25, 0.3) is 0 Å². The highest BCUT2D eigenvalue weighted by Crippen LogP contribution is 2.31. The second-order valence-electron chi connectivity index (χ2n) is 5.97. The molecule has 2 atom stereocenters. The number of phenolic OH excluding ortho intramolecular Hbond substituents is 1. The average molecular weight is 295 g/mol. The number of hydrogen-bond acceptors (Lipinski definition) is 3. The summed E-state index contributed by atoms with van der Waals surface area (Å²) in [5, 5.41) is 14.4. The zero-order valence-electron chi connectivity index (χ0n) is 11.8. The maximum atomic E-state index is 10.0. The lowest BCUT2D eigenvalue weighted by atomic mass is 9.94. The molecule has 20 heavy (non-hydrogen) atoms. The minimum Gasteiger partial charge on any atom is -0.508 e. The molecule has 0 saturated carbocycles. The number of nitrogens with one attached hydrogen (secondary N) is 1. The molecule has 2 aliphatic heterocycles. The van der Waals surface area contributed by atoms with Crippen molar-refractivity contribution in [3.05, 3.63) is 28.8 Å². The zero-order chi connectivity index (χ0) is 13.9. The maximum absolute atomic E-state index is 10.0. The Labute approximate surface area is 125 Å². The number of piperidine rings is 1. The van der Waals surface area contributed by atoms with E-state index in [-0.39, 0.29) is 0 Å². The number of likely N-dealkylation sites (tertiary alicyclic amines) is 1. The number of nitrogens with zero attached hydrogens (tertiary/aromatic N) is 1. The van der Waals surface area contributed by atoms with Crippen LogP contribution >= 0.6 is 11.6 Å². The standard InChI is InChI=1S/C16H23ClN2O/c17-13-5-3-8-16(20)12(13)11-19-10-2-1-7-15(19)14-6-4-9-18-14/h3,5,8,14-15,18,20H,1-2,4,6-7,9-11H2. The van der Waals surface area contributed by atoms with Gasteiger partial charge in [-0.1, -0.05) is 24.1 Å². The van der Waals surface area contributed by atoms with E-state index in [9.17, 15) is 5.11 Å². The number of aromatic hydroxyl groups is 1.